The van der Waals surface area contributed by atoms with E-state index in [4.69, 9.17) is 0 Å². The van der Waals surface area contributed by atoms with Crippen LogP contribution >= 0.6 is 0 Å². The lowest BCUT2D eigenvalue weighted by atomic mass is 10.4. The van der Waals surface area contributed by atoms with Crippen molar-refractivity contribution in [1.29, 1.82) is 0 Å². The number of nitrogens with one attached hydrogen (secondary N) is 1. The maximum absolute atomic E-state index is 12.1. The van der Waals surface area contributed by atoms with Crippen molar-refractivity contribution in [2.24, 2.45) is 0 Å². The SMILES string of the molecule is O=C1CN(S(=O)(=O)C2CCS(=O)(=O)C2)CC(=O)N1. The Labute approximate surface area is 104 Å². The Hall–Kier alpha value is -1.00. The summed E-state index contributed by atoms with van der Waals surface area (Å²) in [6.07, 6.45) is 0.0109. The lowest BCUT2D eigenvalue weighted by Gasteiger charge is -2.27. The molecule has 2 aliphatic heterocycles. The van der Waals surface area contributed by atoms with Crippen LogP contribution < -0.4 is 5.32 Å². The molecule has 0 saturated carbocycles. The van der Waals surface area contributed by atoms with E-state index in [-0.39, 0.29) is 12.2 Å². The van der Waals surface area contributed by atoms with Crippen molar-refractivity contribution < 1.29 is 26.4 Å². The van der Waals surface area contributed by atoms with Gasteiger partial charge >= 0.3 is 0 Å². The van der Waals surface area contributed by atoms with E-state index in [0.29, 0.717) is 0 Å². The summed E-state index contributed by atoms with van der Waals surface area (Å²) in [5, 5.41) is 0.932. The van der Waals surface area contributed by atoms with Gasteiger partial charge in [0, 0.05) is 0 Å². The molecule has 2 fully saturated rings. The predicted octanol–water partition coefficient (Wildman–Crippen LogP) is -2.54. The lowest BCUT2D eigenvalue weighted by Crippen LogP contribution is -2.55. The van der Waals surface area contributed by atoms with Gasteiger partial charge in [-0.1, -0.05) is 0 Å². The number of sulfone groups is 1. The molecule has 1 unspecified atom stereocenters. The summed E-state index contributed by atoms with van der Waals surface area (Å²) < 4.78 is 47.5. The van der Waals surface area contributed by atoms with Crippen LogP contribution in [0.3, 0.4) is 0 Å². The average molecular weight is 296 g/mol. The molecule has 0 aromatic rings. The largest absolute Gasteiger partial charge is 0.294 e. The van der Waals surface area contributed by atoms with Crippen LogP contribution in [0.25, 0.3) is 0 Å². The first kappa shape index (κ1) is 13.4. The third kappa shape index (κ3) is 2.54. The standard InChI is InChI=1S/C8H12N2O6S2/c11-7-3-10(4-8(12)9-7)18(15,16)6-1-2-17(13,14)5-6/h6H,1-5H2,(H,9,11,12). The van der Waals surface area contributed by atoms with Gasteiger partial charge in [0.05, 0.1) is 29.8 Å². The van der Waals surface area contributed by atoms with Gasteiger partial charge in [-0.2, -0.15) is 4.31 Å². The van der Waals surface area contributed by atoms with Gasteiger partial charge in [0.1, 0.15) is 0 Å². The van der Waals surface area contributed by atoms with Crippen molar-refractivity contribution in [2.45, 2.75) is 11.7 Å². The highest BCUT2D eigenvalue weighted by Gasteiger charge is 2.42. The molecule has 18 heavy (non-hydrogen) atoms. The maximum atomic E-state index is 12.1. The van der Waals surface area contributed by atoms with E-state index in [1.54, 1.807) is 0 Å². The van der Waals surface area contributed by atoms with Gasteiger partial charge in [0.15, 0.2) is 9.84 Å². The van der Waals surface area contributed by atoms with Gasteiger partial charge in [-0.15, -0.1) is 0 Å². The third-order valence-electron chi connectivity index (χ3n) is 2.89. The number of sulfonamides is 1. The number of nitrogens with zero attached hydrogens (tertiary/aromatic N) is 1. The number of hydrogen-bond acceptors (Lipinski definition) is 6. The van der Waals surface area contributed by atoms with Crippen molar-refractivity contribution in [3.8, 4) is 0 Å². The van der Waals surface area contributed by atoms with Crippen LogP contribution in [0.2, 0.25) is 0 Å². The molecule has 2 amide bonds. The van der Waals surface area contributed by atoms with E-state index in [1.165, 1.54) is 0 Å². The molecule has 2 heterocycles. The van der Waals surface area contributed by atoms with Crippen molar-refractivity contribution in [3.05, 3.63) is 0 Å². The van der Waals surface area contributed by atoms with Crippen LogP contribution in [0.5, 0.6) is 0 Å². The first-order valence-electron chi connectivity index (χ1n) is 5.23. The van der Waals surface area contributed by atoms with Crippen molar-refractivity contribution in [2.75, 3.05) is 24.6 Å². The van der Waals surface area contributed by atoms with Crippen molar-refractivity contribution >= 4 is 31.7 Å². The second-order valence-corrected chi connectivity index (χ2v) is 8.75. The van der Waals surface area contributed by atoms with Gasteiger partial charge in [-0.3, -0.25) is 14.9 Å². The highest BCUT2D eigenvalue weighted by Crippen LogP contribution is 2.22. The molecule has 2 saturated heterocycles. The van der Waals surface area contributed by atoms with Crippen LogP contribution in [-0.2, 0) is 29.4 Å². The highest BCUT2D eigenvalue weighted by atomic mass is 32.2. The smallest absolute Gasteiger partial charge is 0.241 e. The first-order chi connectivity index (χ1) is 8.21. The molecule has 0 spiro atoms. The minimum absolute atomic E-state index is 0.0109. The predicted molar refractivity (Wildman–Crippen MR) is 60.7 cm³/mol. The molecule has 1 atom stereocenters. The molecule has 0 bridgehead atoms. The number of carbonyl (C=O) groups excluding carboxylic acids is 2. The van der Waals surface area contributed by atoms with E-state index < -0.39 is 55.8 Å². The minimum Gasteiger partial charge on any atom is -0.294 e. The Morgan fingerprint density at radius 1 is 1.17 bits per heavy atom. The fourth-order valence-electron chi connectivity index (χ4n) is 2.00. The van der Waals surface area contributed by atoms with E-state index in [1.807, 2.05) is 5.32 Å². The van der Waals surface area contributed by atoms with Crippen LogP contribution in [0.1, 0.15) is 6.42 Å². The number of amides is 2. The Balaban J connectivity index is 2.21. The first-order valence-corrected chi connectivity index (χ1v) is 8.55. The molecule has 1 N–H and O–H groups in total. The minimum atomic E-state index is -3.93. The highest BCUT2D eigenvalue weighted by molar-refractivity contribution is 7.95. The summed E-state index contributed by atoms with van der Waals surface area (Å²) in [6, 6.07) is 0. The van der Waals surface area contributed by atoms with E-state index in [9.17, 15) is 26.4 Å². The molecule has 10 heteroatoms. The number of rotatable bonds is 2. The molecule has 0 radical (unpaired) electrons. The van der Waals surface area contributed by atoms with Gasteiger partial charge in [-0.05, 0) is 6.42 Å². The van der Waals surface area contributed by atoms with Crippen LogP contribution in [-0.4, -0.2) is 62.8 Å². The zero-order valence-electron chi connectivity index (χ0n) is 9.33. The van der Waals surface area contributed by atoms with Crippen LogP contribution in [0.4, 0.5) is 0 Å². The van der Waals surface area contributed by atoms with Gasteiger partial charge in [0.25, 0.3) is 0 Å². The summed E-state index contributed by atoms with van der Waals surface area (Å²) in [6.45, 7) is -0.880. The van der Waals surface area contributed by atoms with Gasteiger partial charge < -0.3 is 0 Å². The van der Waals surface area contributed by atoms with E-state index in [0.717, 1.165) is 4.31 Å². The average Bonchev–Trinajstić information content (AvgIpc) is 2.58. The number of piperazine rings is 1. The van der Waals surface area contributed by atoms with Gasteiger partial charge in [-0.25, -0.2) is 16.8 Å². The van der Waals surface area contributed by atoms with E-state index in [2.05, 4.69) is 0 Å². The lowest BCUT2D eigenvalue weighted by molar-refractivity contribution is -0.134. The van der Waals surface area contributed by atoms with Crippen molar-refractivity contribution in [3.63, 3.8) is 0 Å². The summed E-state index contributed by atoms with van der Waals surface area (Å²) in [5.74, 6) is -2.02. The molecule has 0 aliphatic carbocycles. The van der Waals surface area contributed by atoms with Gasteiger partial charge in [0.2, 0.25) is 21.8 Å². The molecular weight excluding hydrogens is 284 g/mol. The second kappa shape index (κ2) is 4.28. The summed E-state index contributed by atoms with van der Waals surface area (Å²) >= 11 is 0. The maximum Gasteiger partial charge on any atom is 0.241 e. The summed E-state index contributed by atoms with van der Waals surface area (Å²) in [5.41, 5.74) is 0. The molecule has 0 aromatic heterocycles. The number of carbonyl (C=O) groups is 2. The van der Waals surface area contributed by atoms with Crippen molar-refractivity contribution in [1.82, 2.24) is 9.62 Å². The molecule has 2 rings (SSSR count). The Morgan fingerprint density at radius 3 is 2.17 bits per heavy atom. The Morgan fingerprint density at radius 2 is 1.72 bits per heavy atom. The quantitative estimate of drug-likeness (QED) is 0.561. The Bertz CT molecular complexity index is 577. The number of imide groups is 1. The number of hydrogen-bond donors (Lipinski definition) is 1. The normalized spacial score (nSPS) is 29.2. The fourth-order valence-corrected chi connectivity index (χ4v) is 6.43. The molecule has 2 aliphatic rings. The summed E-state index contributed by atoms with van der Waals surface area (Å²) in [7, 11) is -7.26. The van der Waals surface area contributed by atoms with Crippen LogP contribution in [0.15, 0.2) is 0 Å². The zero-order valence-corrected chi connectivity index (χ0v) is 11.0. The zero-order chi connectivity index (χ0) is 13.6. The summed E-state index contributed by atoms with van der Waals surface area (Å²) in [4.78, 5) is 22.2. The molecule has 0 aromatic carbocycles. The van der Waals surface area contributed by atoms with E-state index >= 15 is 0 Å². The third-order valence-corrected chi connectivity index (χ3v) is 7.09. The van der Waals surface area contributed by atoms with Crippen LogP contribution in [0, 0.1) is 0 Å². The second-order valence-electron chi connectivity index (χ2n) is 4.31. The molecular formula is C8H12N2O6S2. The fraction of sp³-hybridized carbons (Fsp3) is 0.750. The molecule has 8 nitrogen and oxygen atoms in total. The molecule has 102 valence electrons. The topological polar surface area (TPSA) is 118 Å². The monoisotopic (exact) mass is 296 g/mol. The Kier molecular flexibility index (Phi) is 3.19.